The van der Waals surface area contributed by atoms with Gasteiger partial charge in [0.05, 0.1) is 12.2 Å². The van der Waals surface area contributed by atoms with Crippen molar-refractivity contribution in [3.05, 3.63) is 36.2 Å². The SMILES string of the molecule is CN1CCC(NCc2nnnn2-c2ccccc2)CC1. The number of nitrogens with zero attached hydrogens (tertiary/aromatic N) is 5. The molecule has 0 amide bonds. The van der Waals surface area contributed by atoms with Gasteiger partial charge in [0.2, 0.25) is 0 Å². The molecule has 0 unspecified atom stereocenters. The third kappa shape index (κ3) is 3.02. The summed E-state index contributed by atoms with van der Waals surface area (Å²) < 4.78 is 1.79. The van der Waals surface area contributed by atoms with E-state index in [1.54, 1.807) is 4.68 Å². The summed E-state index contributed by atoms with van der Waals surface area (Å²) in [7, 11) is 2.17. The molecule has 0 atom stereocenters. The Morgan fingerprint density at radius 1 is 1.20 bits per heavy atom. The zero-order valence-electron chi connectivity index (χ0n) is 11.7. The fraction of sp³-hybridized carbons (Fsp3) is 0.500. The molecule has 1 aliphatic heterocycles. The molecule has 1 saturated heterocycles. The van der Waals surface area contributed by atoms with Crippen LogP contribution in [-0.4, -0.2) is 51.3 Å². The van der Waals surface area contributed by atoms with Gasteiger partial charge < -0.3 is 10.2 Å². The van der Waals surface area contributed by atoms with Crippen LogP contribution in [0.15, 0.2) is 30.3 Å². The minimum Gasteiger partial charge on any atom is -0.307 e. The Hall–Kier alpha value is -1.79. The summed E-state index contributed by atoms with van der Waals surface area (Å²) in [5, 5.41) is 15.5. The van der Waals surface area contributed by atoms with Crippen LogP contribution in [-0.2, 0) is 6.54 Å². The molecule has 106 valence electrons. The maximum atomic E-state index is 4.12. The molecular formula is C14H20N6. The smallest absolute Gasteiger partial charge is 0.170 e. The van der Waals surface area contributed by atoms with E-state index >= 15 is 0 Å². The predicted molar refractivity (Wildman–Crippen MR) is 76.5 cm³/mol. The molecule has 0 aliphatic carbocycles. The van der Waals surface area contributed by atoms with Gasteiger partial charge in [-0.05, 0) is 55.5 Å². The highest BCUT2D eigenvalue weighted by molar-refractivity contribution is 5.30. The molecule has 1 aliphatic rings. The highest BCUT2D eigenvalue weighted by atomic mass is 15.5. The molecule has 0 bridgehead atoms. The molecule has 1 aromatic heterocycles. The average Bonchev–Trinajstić information content (AvgIpc) is 2.96. The van der Waals surface area contributed by atoms with Crippen LogP contribution in [0.5, 0.6) is 0 Å². The highest BCUT2D eigenvalue weighted by Crippen LogP contribution is 2.10. The van der Waals surface area contributed by atoms with Crippen LogP contribution >= 0.6 is 0 Å². The zero-order chi connectivity index (χ0) is 13.8. The third-order valence-corrected chi connectivity index (χ3v) is 3.80. The number of nitrogens with one attached hydrogen (secondary N) is 1. The molecule has 0 radical (unpaired) electrons. The first kappa shape index (κ1) is 13.2. The van der Waals surface area contributed by atoms with E-state index in [-0.39, 0.29) is 0 Å². The van der Waals surface area contributed by atoms with Crippen molar-refractivity contribution in [3.8, 4) is 5.69 Å². The van der Waals surface area contributed by atoms with Crippen LogP contribution in [0, 0.1) is 0 Å². The monoisotopic (exact) mass is 272 g/mol. The summed E-state index contributed by atoms with van der Waals surface area (Å²) in [6.45, 7) is 3.01. The van der Waals surface area contributed by atoms with E-state index in [1.807, 2.05) is 30.3 Å². The zero-order valence-corrected chi connectivity index (χ0v) is 11.7. The molecule has 6 nitrogen and oxygen atoms in total. The van der Waals surface area contributed by atoms with Crippen molar-refractivity contribution >= 4 is 0 Å². The van der Waals surface area contributed by atoms with Crippen molar-refractivity contribution < 1.29 is 0 Å². The van der Waals surface area contributed by atoms with Gasteiger partial charge in [-0.25, -0.2) is 0 Å². The first-order valence-electron chi connectivity index (χ1n) is 7.07. The Morgan fingerprint density at radius 2 is 1.95 bits per heavy atom. The second-order valence-corrected chi connectivity index (χ2v) is 5.30. The van der Waals surface area contributed by atoms with Gasteiger partial charge in [0, 0.05) is 6.04 Å². The Morgan fingerprint density at radius 3 is 2.70 bits per heavy atom. The number of para-hydroxylation sites is 1. The number of rotatable bonds is 4. The van der Waals surface area contributed by atoms with Gasteiger partial charge in [0.1, 0.15) is 0 Å². The van der Waals surface area contributed by atoms with E-state index in [0.717, 1.165) is 24.6 Å². The molecule has 0 saturated carbocycles. The normalized spacial score (nSPS) is 17.4. The second-order valence-electron chi connectivity index (χ2n) is 5.30. The minimum absolute atomic E-state index is 0.562. The van der Waals surface area contributed by atoms with Gasteiger partial charge in [0.25, 0.3) is 0 Å². The summed E-state index contributed by atoms with van der Waals surface area (Å²) in [5.41, 5.74) is 0.998. The largest absolute Gasteiger partial charge is 0.307 e. The Bertz CT molecular complexity index is 530. The van der Waals surface area contributed by atoms with Gasteiger partial charge in [-0.1, -0.05) is 18.2 Å². The molecule has 1 fully saturated rings. The van der Waals surface area contributed by atoms with Crippen LogP contribution in [0.2, 0.25) is 0 Å². The summed E-state index contributed by atoms with van der Waals surface area (Å²) in [5.74, 6) is 0.857. The van der Waals surface area contributed by atoms with E-state index in [2.05, 4.69) is 32.8 Å². The number of tetrazole rings is 1. The summed E-state index contributed by atoms with van der Waals surface area (Å²) in [6, 6.07) is 10.6. The topological polar surface area (TPSA) is 58.9 Å². The number of hydrogen-bond acceptors (Lipinski definition) is 5. The van der Waals surface area contributed by atoms with Gasteiger partial charge in [-0.2, -0.15) is 4.68 Å². The van der Waals surface area contributed by atoms with Crippen LogP contribution in [0.3, 0.4) is 0 Å². The quantitative estimate of drug-likeness (QED) is 0.894. The van der Waals surface area contributed by atoms with E-state index in [9.17, 15) is 0 Å². The van der Waals surface area contributed by atoms with Crippen molar-refractivity contribution in [2.75, 3.05) is 20.1 Å². The van der Waals surface area contributed by atoms with Crippen molar-refractivity contribution in [2.45, 2.75) is 25.4 Å². The lowest BCUT2D eigenvalue weighted by molar-refractivity contribution is 0.233. The highest BCUT2D eigenvalue weighted by Gasteiger charge is 2.17. The maximum absolute atomic E-state index is 4.12. The van der Waals surface area contributed by atoms with Crippen LogP contribution < -0.4 is 5.32 Å². The van der Waals surface area contributed by atoms with Crippen LogP contribution in [0.1, 0.15) is 18.7 Å². The molecule has 1 aromatic carbocycles. The Balaban J connectivity index is 1.63. The third-order valence-electron chi connectivity index (χ3n) is 3.80. The van der Waals surface area contributed by atoms with Crippen molar-refractivity contribution in [3.63, 3.8) is 0 Å². The first-order chi connectivity index (χ1) is 9.83. The molecule has 3 rings (SSSR count). The number of benzene rings is 1. The summed E-state index contributed by atoms with van der Waals surface area (Å²) in [4.78, 5) is 2.37. The summed E-state index contributed by atoms with van der Waals surface area (Å²) in [6.07, 6.45) is 2.37. The molecule has 6 heteroatoms. The lowest BCUT2D eigenvalue weighted by atomic mass is 10.1. The lowest BCUT2D eigenvalue weighted by Gasteiger charge is -2.29. The molecule has 2 heterocycles. The number of likely N-dealkylation sites (tertiary alicyclic amines) is 1. The van der Waals surface area contributed by atoms with E-state index in [0.29, 0.717) is 12.6 Å². The minimum atomic E-state index is 0.562. The first-order valence-corrected chi connectivity index (χ1v) is 7.07. The standard InChI is InChI=1S/C14H20N6/c1-19-9-7-12(8-10-19)15-11-14-16-17-18-20(14)13-5-3-2-4-6-13/h2-6,12,15H,7-11H2,1H3. The van der Waals surface area contributed by atoms with Crippen molar-refractivity contribution in [1.82, 2.24) is 30.4 Å². The van der Waals surface area contributed by atoms with E-state index < -0.39 is 0 Å². The van der Waals surface area contributed by atoms with Crippen molar-refractivity contribution in [1.29, 1.82) is 0 Å². The van der Waals surface area contributed by atoms with Crippen LogP contribution in [0.4, 0.5) is 0 Å². The molecule has 2 aromatic rings. The number of aromatic nitrogens is 4. The van der Waals surface area contributed by atoms with E-state index in [1.165, 1.54) is 12.8 Å². The Kier molecular flexibility index (Phi) is 4.03. The Labute approximate surface area is 118 Å². The predicted octanol–water partition coefficient (Wildman–Crippen LogP) is 0.846. The average molecular weight is 272 g/mol. The maximum Gasteiger partial charge on any atom is 0.170 e. The summed E-state index contributed by atoms with van der Waals surface area (Å²) >= 11 is 0. The van der Waals surface area contributed by atoms with Gasteiger partial charge in [-0.15, -0.1) is 5.10 Å². The lowest BCUT2D eigenvalue weighted by Crippen LogP contribution is -2.40. The number of hydrogen-bond donors (Lipinski definition) is 1. The van der Waals surface area contributed by atoms with E-state index in [4.69, 9.17) is 0 Å². The van der Waals surface area contributed by atoms with Crippen LogP contribution in [0.25, 0.3) is 5.69 Å². The van der Waals surface area contributed by atoms with Gasteiger partial charge >= 0.3 is 0 Å². The molecule has 1 N–H and O–H groups in total. The second kappa shape index (κ2) is 6.11. The fourth-order valence-electron chi connectivity index (χ4n) is 2.53. The number of piperidine rings is 1. The molecule has 20 heavy (non-hydrogen) atoms. The van der Waals surface area contributed by atoms with Gasteiger partial charge in [0.15, 0.2) is 5.82 Å². The van der Waals surface area contributed by atoms with Crippen molar-refractivity contribution in [2.24, 2.45) is 0 Å². The van der Waals surface area contributed by atoms with Gasteiger partial charge in [-0.3, -0.25) is 0 Å². The molecular weight excluding hydrogens is 252 g/mol. The fourth-order valence-corrected chi connectivity index (χ4v) is 2.53. The molecule has 0 spiro atoms.